The summed E-state index contributed by atoms with van der Waals surface area (Å²) < 4.78 is 0. The maximum Gasteiger partial charge on any atom is 0.277 e. The standard InChI is InChI=1S/C25H34N4O2/c1-19-7-5-10-22(15-19)16-28-11-13-29(14-12-28)18-24(31)27(4)17-23(30)26-25-20(2)8-6-9-21(25)3/h5-10,15H,11-14,16-18H2,1-4H3,(H,26,30)/p+2. The summed E-state index contributed by atoms with van der Waals surface area (Å²) in [6.45, 7) is 11.7. The largest absolute Gasteiger partial charge is 0.332 e. The number of carbonyl (C=O) groups excluding carboxylic acids is 2. The second-order valence-electron chi connectivity index (χ2n) is 8.91. The van der Waals surface area contributed by atoms with Crippen LogP contribution in [-0.2, 0) is 16.1 Å². The van der Waals surface area contributed by atoms with Gasteiger partial charge >= 0.3 is 0 Å². The van der Waals surface area contributed by atoms with Gasteiger partial charge in [-0.15, -0.1) is 0 Å². The molecule has 1 heterocycles. The quantitative estimate of drug-likeness (QED) is 0.586. The summed E-state index contributed by atoms with van der Waals surface area (Å²) >= 11 is 0. The zero-order valence-corrected chi connectivity index (χ0v) is 19.3. The highest BCUT2D eigenvalue weighted by Crippen LogP contribution is 2.19. The minimum absolute atomic E-state index is 0.0220. The Balaban J connectivity index is 1.42. The number of anilines is 1. The fraction of sp³-hybridized carbons (Fsp3) is 0.440. The zero-order chi connectivity index (χ0) is 22.4. The number of quaternary nitrogens is 2. The molecule has 166 valence electrons. The van der Waals surface area contributed by atoms with Crippen LogP contribution in [0.4, 0.5) is 5.69 Å². The number of carbonyl (C=O) groups is 2. The number of nitrogens with zero attached hydrogens (tertiary/aromatic N) is 1. The van der Waals surface area contributed by atoms with Crippen LogP contribution in [0.5, 0.6) is 0 Å². The summed E-state index contributed by atoms with van der Waals surface area (Å²) in [7, 11) is 1.71. The summed E-state index contributed by atoms with van der Waals surface area (Å²) in [6.07, 6.45) is 0. The van der Waals surface area contributed by atoms with Crippen molar-refractivity contribution >= 4 is 17.5 Å². The maximum absolute atomic E-state index is 12.7. The average molecular weight is 425 g/mol. The molecule has 0 radical (unpaired) electrons. The number of hydrogen-bond acceptors (Lipinski definition) is 2. The van der Waals surface area contributed by atoms with Crippen LogP contribution >= 0.6 is 0 Å². The molecule has 1 saturated heterocycles. The normalized spacial score (nSPS) is 18.5. The van der Waals surface area contributed by atoms with Gasteiger partial charge in [0.1, 0.15) is 32.7 Å². The van der Waals surface area contributed by atoms with E-state index in [1.54, 1.807) is 16.8 Å². The molecule has 2 aromatic rings. The van der Waals surface area contributed by atoms with E-state index in [0.717, 1.165) is 49.5 Å². The Morgan fingerprint density at radius 2 is 1.55 bits per heavy atom. The third-order valence-corrected chi connectivity index (χ3v) is 6.15. The number of hydrogen-bond donors (Lipinski definition) is 3. The van der Waals surface area contributed by atoms with Gasteiger partial charge in [-0.25, -0.2) is 0 Å². The van der Waals surface area contributed by atoms with Crippen LogP contribution in [0.25, 0.3) is 0 Å². The SMILES string of the molecule is Cc1cccc(C[NH+]2CC[NH+](CC(=O)N(C)CC(=O)Nc3c(C)cccc3C)CC2)c1. The number of amides is 2. The van der Waals surface area contributed by atoms with Gasteiger partial charge in [0.15, 0.2) is 6.54 Å². The van der Waals surface area contributed by atoms with Gasteiger partial charge in [-0.2, -0.15) is 0 Å². The van der Waals surface area contributed by atoms with Gasteiger partial charge in [-0.05, 0) is 31.9 Å². The molecule has 1 fully saturated rings. The fourth-order valence-electron chi connectivity index (χ4n) is 4.26. The van der Waals surface area contributed by atoms with Crippen molar-refractivity contribution in [3.63, 3.8) is 0 Å². The van der Waals surface area contributed by atoms with Crippen molar-refractivity contribution < 1.29 is 19.4 Å². The van der Waals surface area contributed by atoms with E-state index in [1.807, 2.05) is 32.0 Å². The van der Waals surface area contributed by atoms with E-state index in [1.165, 1.54) is 16.0 Å². The van der Waals surface area contributed by atoms with Crippen molar-refractivity contribution in [2.24, 2.45) is 0 Å². The van der Waals surface area contributed by atoms with E-state index in [4.69, 9.17) is 0 Å². The van der Waals surface area contributed by atoms with Gasteiger partial charge in [0.25, 0.3) is 5.91 Å². The summed E-state index contributed by atoms with van der Waals surface area (Å²) in [5.74, 6) is -0.135. The Kier molecular flexibility index (Phi) is 7.82. The highest BCUT2D eigenvalue weighted by atomic mass is 16.2. The molecule has 2 aromatic carbocycles. The zero-order valence-electron chi connectivity index (χ0n) is 19.3. The van der Waals surface area contributed by atoms with Gasteiger partial charge in [-0.1, -0.05) is 48.0 Å². The molecule has 0 bridgehead atoms. The van der Waals surface area contributed by atoms with Crippen LogP contribution in [-0.4, -0.2) is 63.0 Å². The molecule has 0 spiro atoms. The lowest BCUT2D eigenvalue weighted by atomic mass is 10.1. The van der Waals surface area contributed by atoms with Crippen LogP contribution < -0.4 is 15.1 Å². The number of benzene rings is 2. The topological polar surface area (TPSA) is 58.3 Å². The lowest BCUT2D eigenvalue weighted by molar-refractivity contribution is -1.02. The molecule has 3 rings (SSSR count). The summed E-state index contributed by atoms with van der Waals surface area (Å²) in [5.41, 5.74) is 5.57. The van der Waals surface area contributed by atoms with Gasteiger partial charge < -0.3 is 20.0 Å². The first-order chi connectivity index (χ1) is 14.8. The van der Waals surface area contributed by atoms with E-state index in [-0.39, 0.29) is 18.4 Å². The van der Waals surface area contributed by atoms with Crippen LogP contribution in [0, 0.1) is 20.8 Å². The molecule has 0 atom stereocenters. The smallest absolute Gasteiger partial charge is 0.277 e. The Labute approximate surface area is 185 Å². The van der Waals surface area contributed by atoms with Crippen molar-refractivity contribution in [3.05, 3.63) is 64.7 Å². The molecule has 6 nitrogen and oxygen atoms in total. The van der Waals surface area contributed by atoms with E-state index < -0.39 is 0 Å². The molecule has 1 aliphatic rings. The predicted octanol–water partition coefficient (Wildman–Crippen LogP) is -0.00764. The van der Waals surface area contributed by atoms with Crippen LogP contribution in [0.1, 0.15) is 22.3 Å². The highest BCUT2D eigenvalue weighted by molar-refractivity contribution is 5.95. The monoisotopic (exact) mass is 424 g/mol. The number of likely N-dealkylation sites (N-methyl/N-ethyl adjacent to an activating group) is 1. The molecule has 31 heavy (non-hydrogen) atoms. The van der Waals surface area contributed by atoms with Crippen molar-refractivity contribution in [3.8, 4) is 0 Å². The Bertz CT molecular complexity index is 899. The number of piperazine rings is 1. The maximum atomic E-state index is 12.7. The van der Waals surface area contributed by atoms with E-state index in [0.29, 0.717) is 6.54 Å². The lowest BCUT2D eigenvalue weighted by Gasteiger charge is -2.30. The Hall–Kier alpha value is -2.70. The molecule has 2 amide bonds. The third kappa shape index (κ3) is 6.64. The van der Waals surface area contributed by atoms with Gasteiger partial charge in [0.05, 0.1) is 6.54 Å². The molecular formula is C25H36N4O2+2. The molecule has 0 aliphatic carbocycles. The first-order valence-corrected chi connectivity index (χ1v) is 11.1. The summed E-state index contributed by atoms with van der Waals surface area (Å²) in [5, 5.41) is 2.96. The van der Waals surface area contributed by atoms with Crippen LogP contribution in [0.15, 0.2) is 42.5 Å². The van der Waals surface area contributed by atoms with E-state index in [2.05, 4.69) is 36.5 Å². The molecule has 0 aromatic heterocycles. The number of nitrogens with one attached hydrogen (secondary N) is 3. The lowest BCUT2D eigenvalue weighted by Crippen LogP contribution is -3.28. The van der Waals surface area contributed by atoms with Crippen molar-refractivity contribution in [2.45, 2.75) is 27.3 Å². The molecule has 3 N–H and O–H groups in total. The third-order valence-electron chi connectivity index (χ3n) is 6.15. The van der Waals surface area contributed by atoms with Crippen molar-refractivity contribution in [2.75, 3.05) is 51.6 Å². The van der Waals surface area contributed by atoms with Gasteiger partial charge in [-0.3, -0.25) is 9.59 Å². The van der Waals surface area contributed by atoms with Crippen LogP contribution in [0.3, 0.4) is 0 Å². The minimum atomic E-state index is -0.157. The van der Waals surface area contributed by atoms with Crippen LogP contribution in [0.2, 0.25) is 0 Å². The summed E-state index contributed by atoms with van der Waals surface area (Å²) in [6, 6.07) is 14.6. The summed E-state index contributed by atoms with van der Waals surface area (Å²) in [4.78, 5) is 29.5. The van der Waals surface area contributed by atoms with Crippen molar-refractivity contribution in [1.82, 2.24) is 4.90 Å². The molecule has 1 aliphatic heterocycles. The van der Waals surface area contributed by atoms with Gasteiger partial charge in [0.2, 0.25) is 5.91 Å². The first-order valence-electron chi connectivity index (χ1n) is 11.1. The van der Waals surface area contributed by atoms with E-state index in [9.17, 15) is 9.59 Å². The van der Waals surface area contributed by atoms with Gasteiger partial charge in [0, 0.05) is 18.3 Å². The second kappa shape index (κ2) is 10.6. The van der Waals surface area contributed by atoms with E-state index >= 15 is 0 Å². The first kappa shape index (κ1) is 23.0. The molecular weight excluding hydrogens is 388 g/mol. The second-order valence-corrected chi connectivity index (χ2v) is 8.91. The Morgan fingerprint density at radius 1 is 0.935 bits per heavy atom. The number of aryl methyl sites for hydroxylation is 3. The number of para-hydroxylation sites is 1. The molecule has 0 unspecified atom stereocenters. The van der Waals surface area contributed by atoms with Crippen molar-refractivity contribution in [1.29, 1.82) is 0 Å². The Morgan fingerprint density at radius 3 is 2.19 bits per heavy atom. The highest BCUT2D eigenvalue weighted by Gasteiger charge is 2.26. The predicted molar refractivity (Wildman–Crippen MR) is 123 cm³/mol. The number of rotatable bonds is 7. The molecule has 0 saturated carbocycles. The minimum Gasteiger partial charge on any atom is -0.332 e. The molecule has 6 heteroatoms. The average Bonchev–Trinajstić information content (AvgIpc) is 2.72. The fourth-order valence-corrected chi connectivity index (χ4v) is 4.26.